The number of rotatable bonds is 10. The average Bonchev–Trinajstić information content (AvgIpc) is 3.06. The maximum atomic E-state index is 12.7. The summed E-state index contributed by atoms with van der Waals surface area (Å²) < 4.78 is 10.8. The highest BCUT2D eigenvalue weighted by molar-refractivity contribution is 8.18. The van der Waals surface area contributed by atoms with E-state index in [0.717, 1.165) is 27.8 Å². The molecular weight excluding hydrogens is 428 g/mol. The zero-order valence-corrected chi connectivity index (χ0v) is 18.9. The predicted molar refractivity (Wildman–Crippen MR) is 125 cm³/mol. The fourth-order valence-electron chi connectivity index (χ4n) is 3.19. The number of carbonyl (C=O) groups is 3. The first-order valence-corrected chi connectivity index (χ1v) is 11.2. The van der Waals surface area contributed by atoms with Gasteiger partial charge in [0.05, 0.1) is 18.6 Å². The van der Waals surface area contributed by atoms with Crippen molar-refractivity contribution in [3.63, 3.8) is 0 Å². The van der Waals surface area contributed by atoms with Crippen LogP contribution in [0.2, 0.25) is 0 Å². The van der Waals surface area contributed by atoms with E-state index >= 15 is 0 Å². The third-order valence-electron chi connectivity index (χ3n) is 4.80. The van der Waals surface area contributed by atoms with Crippen LogP contribution in [0.15, 0.2) is 53.4 Å². The summed E-state index contributed by atoms with van der Waals surface area (Å²) >= 11 is 0.885. The number of imide groups is 1. The highest BCUT2D eigenvalue weighted by atomic mass is 32.2. The Balaban J connectivity index is 1.53. The summed E-state index contributed by atoms with van der Waals surface area (Å²) in [7, 11) is 1.55. The molecule has 0 bridgehead atoms. The summed E-state index contributed by atoms with van der Waals surface area (Å²) in [6.45, 7) is 2.74. The van der Waals surface area contributed by atoms with Crippen molar-refractivity contribution in [2.24, 2.45) is 0 Å². The molecule has 0 aliphatic carbocycles. The predicted octanol–water partition coefficient (Wildman–Crippen LogP) is 3.88. The molecule has 3 rings (SSSR count). The van der Waals surface area contributed by atoms with Gasteiger partial charge in [0.15, 0.2) is 11.5 Å². The second-order valence-corrected chi connectivity index (χ2v) is 8.01. The number of aryl methyl sites for hydroxylation is 1. The number of hydrogen-bond donors (Lipinski definition) is 1. The Bertz CT molecular complexity index is 1010. The average molecular weight is 455 g/mol. The van der Waals surface area contributed by atoms with Gasteiger partial charge in [-0.15, -0.1) is 0 Å². The molecule has 0 saturated carbocycles. The number of benzene rings is 2. The number of nitrogens with one attached hydrogen (secondary N) is 1. The second kappa shape index (κ2) is 11.4. The van der Waals surface area contributed by atoms with Crippen molar-refractivity contribution in [1.82, 2.24) is 10.2 Å². The molecule has 7 nitrogen and oxygen atoms in total. The van der Waals surface area contributed by atoms with Crippen molar-refractivity contribution < 1.29 is 23.9 Å². The maximum Gasteiger partial charge on any atom is 0.293 e. The van der Waals surface area contributed by atoms with Crippen LogP contribution in [-0.2, 0) is 16.0 Å². The number of hydrogen-bond acceptors (Lipinski definition) is 6. The maximum absolute atomic E-state index is 12.7. The van der Waals surface area contributed by atoms with Crippen molar-refractivity contribution in [2.75, 3.05) is 26.8 Å². The van der Waals surface area contributed by atoms with E-state index in [9.17, 15) is 14.4 Å². The number of methoxy groups -OCH3 is 1. The number of carbonyl (C=O) groups excluding carboxylic acids is 3. The van der Waals surface area contributed by atoms with Crippen LogP contribution in [0.1, 0.15) is 24.5 Å². The molecule has 1 aliphatic rings. The fraction of sp³-hybridized carbons (Fsp3) is 0.292. The summed E-state index contributed by atoms with van der Waals surface area (Å²) in [6.07, 6.45) is 2.65. The van der Waals surface area contributed by atoms with Gasteiger partial charge in [0.25, 0.3) is 11.1 Å². The highest BCUT2D eigenvalue weighted by Crippen LogP contribution is 2.34. The van der Waals surface area contributed by atoms with Crippen LogP contribution in [-0.4, -0.2) is 48.8 Å². The van der Waals surface area contributed by atoms with Gasteiger partial charge in [0, 0.05) is 19.5 Å². The molecular formula is C24H26N2O5S. The van der Waals surface area contributed by atoms with E-state index in [4.69, 9.17) is 9.47 Å². The van der Waals surface area contributed by atoms with Gasteiger partial charge in [-0.2, -0.15) is 0 Å². The van der Waals surface area contributed by atoms with Crippen molar-refractivity contribution in [2.45, 2.75) is 19.8 Å². The van der Waals surface area contributed by atoms with E-state index in [0.29, 0.717) is 35.9 Å². The molecule has 0 spiro atoms. The van der Waals surface area contributed by atoms with Crippen molar-refractivity contribution in [3.8, 4) is 11.5 Å². The summed E-state index contributed by atoms with van der Waals surface area (Å²) in [5.41, 5.74) is 1.81. The van der Waals surface area contributed by atoms with Crippen LogP contribution in [0.3, 0.4) is 0 Å². The SMILES string of the molecule is CCOc1ccc(C=C2SC(=O)N(CCNC(=O)CCc3ccccc3)C2=O)cc1OC. The first-order valence-electron chi connectivity index (χ1n) is 10.4. The number of thioether (sulfide) groups is 1. The van der Waals surface area contributed by atoms with Gasteiger partial charge in [-0.25, -0.2) is 0 Å². The van der Waals surface area contributed by atoms with Gasteiger partial charge in [0.2, 0.25) is 5.91 Å². The second-order valence-electron chi connectivity index (χ2n) is 7.01. The zero-order chi connectivity index (χ0) is 22.9. The molecule has 0 atom stereocenters. The summed E-state index contributed by atoms with van der Waals surface area (Å²) in [5.74, 6) is 0.686. The van der Waals surface area contributed by atoms with E-state index in [-0.39, 0.29) is 30.1 Å². The molecule has 2 aromatic carbocycles. The molecule has 0 aromatic heterocycles. The summed E-state index contributed by atoms with van der Waals surface area (Å²) in [6, 6.07) is 15.1. The standard InChI is InChI=1S/C24H26N2O5S/c1-3-31-19-11-9-18(15-20(19)30-2)16-21-23(28)26(24(29)32-21)14-13-25-22(27)12-10-17-7-5-4-6-8-17/h4-9,11,15-16H,3,10,12-14H2,1-2H3,(H,25,27). The largest absolute Gasteiger partial charge is 0.493 e. The molecule has 0 unspecified atom stereocenters. The normalized spacial score (nSPS) is 14.7. The molecule has 32 heavy (non-hydrogen) atoms. The third kappa shape index (κ3) is 6.13. The summed E-state index contributed by atoms with van der Waals surface area (Å²) in [4.78, 5) is 38.5. The quantitative estimate of drug-likeness (QED) is 0.549. The smallest absolute Gasteiger partial charge is 0.293 e. The fourth-order valence-corrected chi connectivity index (χ4v) is 4.06. The van der Waals surface area contributed by atoms with Crippen LogP contribution in [0.25, 0.3) is 6.08 Å². The molecule has 1 heterocycles. The molecule has 1 saturated heterocycles. The highest BCUT2D eigenvalue weighted by Gasteiger charge is 2.34. The third-order valence-corrected chi connectivity index (χ3v) is 5.71. The minimum Gasteiger partial charge on any atom is -0.493 e. The zero-order valence-electron chi connectivity index (χ0n) is 18.1. The molecule has 3 amide bonds. The minimum atomic E-state index is -0.369. The first kappa shape index (κ1) is 23.4. The lowest BCUT2D eigenvalue weighted by Gasteiger charge is -2.13. The lowest BCUT2D eigenvalue weighted by atomic mass is 10.1. The van der Waals surface area contributed by atoms with E-state index in [1.165, 1.54) is 0 Å². The molecule has 2 aromatic rings. The Hall–Kier alpha value is -3.26. The molecule has 1 N–H and O–H groups in total. The Kier molecular flexibility index (Phi) is 8.33. The number of amides is 3. The van der Waals surface area contributed by atoms with Crippen LogP contribution >= 0.6 is 11.8 Å². The Morgan fingerprint density at radius 2 is 1.91 bits per heavy atom. The van der Waals surface area contributed by atoms with E-state index in [1.54, 1.807) is 31.4 Å². The monoisotopic (exact) mass is 454 g/mol. The van der Waals surface area contributed by atoms with Gasteiger partial charge in [-0.3, -0.25) is 19.3 Å². The van der Waals surface area contributed by atoms with Gasteiger partial charge in [-0.05, 0) is 54.4 Å². The molecule has 168 valence electrons. The van der Waals surface area contributed by atoms with Crippen LogP contribution < -0.4 is 14.8 Å². The van der Waals surface area contributed by atoms with E-state index in [2.05, 4.69) is 5.32 Å². The summed E-state index contributed by atoms with van der Waals surface area (Å²) in [5, 5.41) is 2.43. The van der Waals surface area contributed by atoms with Gasteiger partial charge in [-0.1, -0.05) is 36.4 Å². The van der Waals surface area contributed by atoms with Crippen molar-refractivity contribution in [3.05, 3.63) is 64.6 Å². The molecule has 1 fully saturated rings. The topological polar surface area (TPSA) is 84.9 Å². The molecule has 0 radical (unpaired) electrons. The number of ether oxygens (including phenoxy) is 2. The molecule has 8 heteroatoms. The molecule has 1 aliphatic heterocycles. The first-order chi connectivity index (χ1) is 15.5. The Morgan fingerprint density at radius 1 is 1.12 bits per heavy atom. The number of nitrogens with zero attached hydrogens (tertiary/aromatic N) is 1. The van der Waals surface area contributed by atoms with Crippen LogP contribution in [0, 0.1) is 0 Å². The lowest BCUT2D eigenvalue weighted by Crippen LogP contribution is -2.37. The lowest BCUT2D eigenvalue weighted by molar-refractivity contribution is -0.124. The van der Waals surface area contributed by atoms with Crippen LogP contribution in [0.5, 0.6) is 11.5 Å². The Labute approximate surface area is 191 Å². The minimum absolute atomic E-state index is 0.113. The van der Waals surface area contributed by atoms with E-state index < -0.39 is 0 Å². The van der Waals surface area contributed by atoms with Crippen molar-refractivity contribution >= 4 is 34.9 Å². The van der Waals surface area contributed by atoms with Gasteiger partial charge >= 0.3 is 0 Å². The van der Waals surface area contributed by atoms with E-state index in [1.807, 2.05) is 37.3 Å². The Morgan fingerprint density at radius 3 is 2.62 bits per heavy atom. The van der Waals surface area contributed by atoms with Gasteiger partial charge < -0.3 is 14.8 Å². The van der Waals surface area contributed by atoms with Gasteiger partial charge in [0.1, 0.15) is 0 Å². The van der Waals surface area contributed by atoms with Crippen LogP contribution in [0.4, 0.5) is 4.79 Å². The van der Waals surface area contributed by atoms with Crippen molar-refractivity contribution in [1.29, 1.82) is 0 Å².